The summed E-state index contributed by atoms with van der Waals surface area (Å²) in [5.41, 5.74) is 0.877. The van der Waals surface area contributed by atoms with Gasteiger partial charge in [0, 0.05) is 37.1 Å². The van der Waals surface area contributed by atoms with Crippen molar-refractivity contribution in [2.24, 2.45) is 11.8 Å². The van der Waals surface area contributed by atoms with E-state index in [-0.39, 0.29) is 30.3 Å². The fraction of sp³-hybridized carbons (Fsp3) is 0.609. The first-order valence-electron chi connectivity index (χ1n) is 11.0. The Bertz CT molecular complexity index is 823. The fourth-order valence-electron chi connectivity index (χ4n) is 4.77. The van der Waals surface area contributed by atoms with Gasteiger partial charge in [-0.1, -0.05) is 19.3 Å². The lowest BCUT2D eigenvalue weighted by atomic mass is 9.86. The summed E-state index contributed by atoms with van der Waals surface area (Å²) < 4.78 is 10.7. The van der Waals surface area contributed by atoms with Gasteiger partial charge in [0.25, 0.3) is 0 Å². The van der Waals surface area contributed by atoms with Crippen LogP contribution in [0.4, 0.5) is 5.69 Å². The summed E-state index contributed by atoms with van der Waals surface area (Å²) in [7, 11) is 0. The minimum Gasteiger partial charge on any atom is -0.454 e. The normalized spacial score (nSPS) is 19.6. The molecule has 2 amide bonds. The van der Waals surface area contributed by atoms with E-state index in [0.717, 1.165) is 51.6 Å². The van der Waals surface area contributed by atoms with Crippen molar-refractivity contribution < 1.29 is 23.9 Å². The van der Waals surface area contributed by atoms with E-state index in [1.165, 1.54) is 13.3 Å². The third kappa shape index (κ3) is 4.60. The van der Waals surface area contributed by atoms with Gasteiger partial charge in [0.2, 0.25) is 18.6 Å². The maximum absolute atomic E-state index is 12.7. The molecule has 0 bridgehead atoms. The Labute approximate surface area is 177 Å². The number of fused-ring (bicyclic) bond motifs is 1. The lowest BCUT2D eigenvalue weighted by Gasteiger charge is -2.35. The first kappa shape index (κ1) is 20.7. The molecule has 2 aliphatic heterocycles. The lowest BCUT2D eigenvalue weighted by molar-refractivity contribution is -0.138. The molecular weight excluding hydrogens is 384 g/mol. The lowest BCUT2D eigenvalue weighted by Crippen LogP contribution is -2.42. The quantitative estimate of drug-likeness (QED) is 0.742. The van der Waals surface area contributed by atoms with E-state index in [9.17, 15) is 14.4 Å². The molecular formula is C23H30N2O5. The molecule has 0 atom stereocenters. The molecule has 0 spiro atoms. The SMILES string of the molecule is CC(=O)c1cc2c(cc1NC(=O)CC1CCN(C(=O)C3CCCCC3)CC1)OCO2. The van der Waals surface area contributed by atoms with Crippen LogP contribution < -0.4 is 14.8 Å². The van der Waals surface area contributed by atoms with Gasteiger partial charge in [-0.25, -0.2) is 0 Å². The largest absolute Gasteiger partial charge is 0.454 e. The van der Waals surface area contributed by atoms with Crippen molar-refractivity contribution >= 4 is 23.3 Å². The van der Waals surface area contributed by atoms with Crippen LogP contribution in [-0.4, -0.2) is 42.4 Å². The monoisotopic (exact) mass is 414 g/mol. The summed E-state index contributed by atoms with van der Waals surface area (Å²) in [4.78, 5) is 39.3. The highest BCUT2D eigenvalue weighted by atomic mass is 16.7. The van der Waals surface area contributed by atoms with Crippen LogP contribution in [0.5, 0.6) is 11.5 Å². The summed E-state index contributed by atoms with van der Waals surface area (Å²) in [6, 6.07) is 3.28. The topological polar surface area (TPSA) is 84.9 Å². The number of carbonyl (C=O) groups excluding carboxylic acids is 3. The number of anilines is 1. The minimum absolute atomic E-state index is 0.113. The van der Waals surface area contributed by atoms with Crippen LogP contribution in [0.2, 0.25) is 0 Å². The maximum atomic E-state index is 12.7. The highest BCUT2D eigenvalue weighted by Crippen LogP contribution is 2.37. The molecule has 0 unspecified atom stereocenters. The standard InChI is InChI=1S/C23H30N2O5/c1-15(26)18-12-20-21(30-14-29-20)13-19(18)24-22(27)11-16-7-9-25(10-8-16)23(28)17-5-3-2-4-6-17/h12-13,16-17H,2-11,14H2,1H3,(H,24,27). The zero-order chi connectivity index (χ0) is 21.1. The highest BCUT2D eigenvalue weighted by molar-refractivity contribution is 6.04. The number of amides is 2. The van der Waals surface area contributed by atoms with E-state index < -0.39 is 0 Å². The number of hydrogen-bond acceptors (Lipinski definition) is 5. The fourth-order valence-corrected chi connectivity index (χ4v) is 4.77. The highest BCUT2D eigenvalue weighted by Gasteiger charge is 2.30. The van der Waals surface area contributed by atoms with Gasteiger partial charge in [-0.3, -0.25) is 14.4 Å². The number of ether oxygens (including phenoxy) is 2. The summed E-state index contributed by atoms with van der Waals surface area (Å²) in [6.45, 7) is 3.04. The number of likely N-dealkylation sites (tertiary alicyclic amines) is 1. The number of carbonyl (C=O) groups is 3. The Morgan fingerprint density at radius 2 is 1.67 bits per heavy atom. The van der Waals surface area contributed by atoms with Crippen LogP contribution >= 0.6 is 0 Å². The van der Waals surface area contributed by atoms with Crippen LogP contribution in [0.1, 0.15) is 68.6 Å². The second-order valence-corrected chi connectivity index (χ2v) is 8.66. The van der Waals surface area contributed by atoms with Crippen LogP contribution in [0.25, 0.3) is 0 Å². The first-order chi connectivity index (χ1) is 14.5. The molecule has 1 saturated carbocycles. The number of benzene rings is 1. The molecule has 4 rings (SSSR count). The smallest absolute Gasteiger partial charge is 0.231 e. The van der Waals surface area contributed by atoms with E-state index in [1.807, 2.05) is 4.90 Å². The Morgan fingerprint density at radius 1 is 1.00 bits per heavy atom. The Balaban J connectivity index is 1.30. The molecule has 30 heavy (non-hydrogen) atoms. The van der Waals surface area contributed by atoms with Crippen molar-refractivity contribution in [2.45, 2.75) is 58.3 Å². The molecule has 1 aliphatic carbocycles. The van der Waals surface area contributed by atoms with E-state index in [1.54, 1.807) is 12.1 Å². The van der Waals surface area contributed by atoms with Crippen LogP contribution in [0.3, 0.4) is 0 Å². The zero-order valence-corrected chi connectivity index (χ0v) is 17.6. The molecule has 1 saturated heterocycles. The maximum Gasteiger partial charge on any atom is 0.231 e. The molecule has 7 heteroatoms. The number of ketones is 1. The summed E-state index contributed by atoms with van der Waals surface area (Å²) in [6.07, 6.45) is 7.68. The number of hydrogen-bond donors (Lipinski definition) is 1. The van der Waals surface area contributed by atoms with E-state index in [4.69, 9.17) is 9.47 Å². The van der Waals surface area contributed by atoms with Crippen LogP contribution in [-0.2, 0) is 9.59 Å². The van der Waals surface area contributed by atoms with Crippen molar-refractivity contribution in [1.29, 1.82) is 0 Å². The number of Topliss-reactive ketones (excluding diaryl/α,β-unsaturated/α-hetero) is 1. The van der Waals surface area contributed by atoms with Gasteiger partial charge >= 0.3 is 0 Å². The van der Waals surface area contributed by atoms with Gasteiger partial charge in [0.05, 0.1) is 5.69 Å². The summed E-state index contributed by atoms with van der Waals surface area (Å²) >= 11 is 0. The van der Waals surface area contributed by atoms with Crippen molar-refractivity contribution in [1.82, 2.24) is 4.90 Å². The molecule has 1 aromatic rings. The van der Waals surface area contributed by atoms with Crippen molar-refractivity contribution in [3.8, 4) is 11.5 Å². The molecule has 1 N–H and O–H groups in total. The third-order valence-corrected chi connectivity index (χ3v) is 6.52. The van der Waals surface area contributed by atoms with Crippen LogP contribution in [0.15, 0.2) is 12.1 Å². The molecule has 0 radical (unpaired) electrons. The molecule has 2 fully saturated rings. The molecule has 0 aromatic heterocycles. The van der Waals surface area contributed by atoms with E-state index >= 15 is 0 Å². The second-order valence-electron chi connectivity index (χ2n) is 8.66. The van der Waals surface area contributed by atoms with Crippen molar-refractivity contribution in [3.05, 3.63) is 17.7 Å². The Hall–Kier alpha value is -2.57. The van der Waals surface area contributed by atoms with Gasteiger partial charge in [-0.2, -0.15) is 0 Å². The van der Waals surface area contributed by atoms with Gasteiger partial charge in [-0.05, 0) is 44.6 Å². The number of nitrogens with zero attached hydrogens (tertiary/aromatic N) is 1. The molecule has 162 valence electrons. The van der Waals surface area contributed by atoms with Gasteiger partial charge in [0.1, 0.15) is 0 Å². The first-order valence-corrected chi connectivity index (χ1v) is 11.0. The van der Waals surface area contributed by atoms with Crippen LogP contribution in [0, 0.1) is 11.8 Å². The number of rotatable bonds is 5. The summed E-state index contributed by atoms with van der Waals surface area (Å²) in [5.74, 6) is 1.55. The van der Waals surface area contributed by atoms with Crippen molar-refractivity contribution in [3.63, 3.8) is 0 Å². The molecule has 3 aliphatic rings. The van der Waals surface area contributed by atoms with Gasteiger partial charge < -0.3 is 19.7 Å². The zero-order valence-electron chi connectivity index (χ0n) is 17.6. The molecule has 7 nitrogen and oxygen atoms in total. The molecule has 2 heterocycles. The summed E-state index contributed by atoms with van der Waals surface area (Å²) in [5, 5.41) is 2.88. The number of nitrogens with one attached hydrogen (secondary N) is 1. The Kier molecular flexibility index (Phi) is 6.25. The average Bonchev–Trinajstić information content (AvgIpc) is 3.21. The van der Waals surface area contributed by atoms with Crippen molar-refractivity contribution in [2.75, 3.05) is 25.2 Å². The second kappa shape index (κ2) is 9.06. The van der Waals surface area contributed by atoms with E-state index in [0.29, 0.717) is 35.1 Å². The van der Waals surface area contributed by atoms with Gasteiger partial charge in [-0.15, -0.1) is 0 Å². The minimum atomic E-state index is -0.141. The predicted molar refractivity (Wildman–Crippen MR) is 112 cm³/mol. The molecule has 1 aromatic carbocycles. The van der Waals surface area contributed by atoms with E-state index in [2.05, 4.69) is 5.32 Å². The van der Waals surface area contributed by atoms with Gasteiger partial charge in [0.15, 0.2) is 17.3 Å². The number of piperidine rings is 1. The average molecular weight is 415 g/mol. The Morgan fingerprint density at radius 3 is 2.33 bits per heavy atom. The predicted octanol–water partition coefficient (Wildman–Crippen LogP) is 3.77. The third-order valence-electron chi connectivity index (χ3n) is 6.52.